The van der Waals surface area contributed by atoms with Crippen molar-refractivity contribution < 1.29 is 14.0 Å². The first-order valence-corrected chi connectivity index (χ1v) is 9.91. The van der Waals surface area contributed by atoms with Gasteiger partial charge in [-0.1, -0.05) is 11.8 Å². The average molecular weight is 373 g/mol. The Morgan fingerprint density at radius 3 is 2.77 bits per heavy atom. The Labute approximate surface area is 157 Å². The van der Waals surface area contributed by atoms with Crippen molar-refractivity contribution in [2.75, 3.05) is 5.75 Å². The molecule has 1 N–H and O–H groups in total. The summed E-state index contributed by atoms with van der Waals surface area (Å²) in [5.41, 5.74) is 0.456. The maximum atomic E-state index is 12.7. The van der Waals surface area contributed by atoms with Gasteiger partial charge in [0.1, 0.15) is 5.76 Å². The van der Waals surface area contributed by atoms with Gasteiger partial charge in [-0.15, -0.1) is 0 Å². The fourth-order valence-corrected chi connectivity index (χ4v) is 4.73. The molecular formula is C19H23N3O3S. The summed E-state index contributed by atoms with van der Waals surface area (Å²) in [7, 11) is 0. The molecule has 6 nitrogen and oxygen atoms in total. The van der Waals surface area contributed by atoms with Crippen LogP contribution in [0.2, 0.25) is 0 Å². The van der Waals surface area contributed by atoms with Crippen molar-refractivity contribution in [3.63, 3.8) is 0 Å². The van der Waals surface area contributed by atoms with E-state index in [0.717, 1.165) is 19.3 Å². The Morgan fingerprint density at radius 2 is 2.15 bits per heavy atom. The van der Waals surface area contributed by atoms with Crippen molar-refractivity contribution in [3.8, 4) is 6.07 Å². The van der Waals surface area contributed by atoms with E-state index in [2.05, 4.69) is 25.2 Å². The lowest BCUT2D eigenvalue weighted by Gasteiger charge is -2.39. The molecule has 2 aliphatic rings. The van der Waals surface area contributed by atoms with Crippen molar-refractivity contribution in [2.24, 2.45) is 0 Å². The molecule has 0 aliphatic carbocycles. The summed E-state index contributed by atoms with van der Waals surface area (Å²) in [5, 5.41) is 12.8. The van der Waals surface area contributed by atoms with Gasteiger partial charge >= 0.3 is 0 Å². The number of allylic oxidation sites excluding steroid dienone is 1. The third-order valence-electron chi connectivity index (χ3n) is 5.06. The van der Waals surface area contributed by atoms with Crippen LogP contribution in [0.4, 0.5) is 0 Å². The summed E-state index contributed by atoms with van der Waals surface area (Å²) in [4.78, 5) is 26.7. The van der Waals surface area contributed by atoms with Crippen molar-refractivity contribution in [3.05, 3.63) is 34.8 Å². The van der Waals surface area contributed by atoms with E-state index in [9.17, 15) is 14.9 Å². The number of piperidine rings is 1. The van der Waals surface area contributed by atoms with E-state index in [4.69, 9.17) is 4.42 Å². The summed E-state index contributed by atoms with van der Waals surface area (Å²) in [6.07, 6.45) is 4.89. The van der Waals surface area contributed by atoms with Gasteiger partial charge in [-0.2, -0.15) is 5.26 Å². The van der Waals surface area contributed by atoms with Crippen molar-refractivity contribution in [1.82, 2.24) is 10.2 Å². The van der Waals surface area contributed by atoms with E-state index in [-0.39, 0.29) is 36.1 Å². The monoisotopic (exact) mass is 373 g/mol. The van der Waals surface area contributed by atoms with E-state index < -0.39 is 5.92 Å². The highest BCUT2D eigenvalue weighted by Gasteiger charge is 2.33. The molecule has 2 amide bonds. The SMILES string of the molecule is C[C@@H]1CCC[C@H](C)N1C(=O)CSC1=C(C#N)[C@H](c2ccco2)CC(=O)N1. The molecule has 0 saturated carbocycles. The van der Waals surface area contributed by atoms with E-state index in [0.29, 0.717) is 16.4 Å². The minimum absolute atomic E-state index is 0.0499. The number of rotatable bonds is 4. The van der Waals surface area contributed by atoms with Crippen molar-refractivity contribution >= 4 is 23.6 Å². The Morgan fingerprint density at radius 1 is 1.42 bits per heavy atom. The molecule has 1 fully saturated rings. The quantitative estimate of drug-likeness (QED) is 0.876. The van der Waals surface area contributed by atoms with E-state index in [1.807, 2.05) is 4.90 Å². The van der Waals surface area contributed by atoms with E-state index in [1.165, 1.54) is 18.0 Å². The van der Waals surface area contributed by atoms with Gasteiger partial charge in [0.15, 0.2) is 0 Å². The zero-order valence-corrected chi connectivity index (χ0v) is 15.8. The maximum Gasteiger partial charge on any atom is 0.233 e. The molecule has 3 atom stereocenters. The first kappa shape index (κ1) is 18.6. The summed E-state index contributed by atoms with van der Waals surface area (Å²) < 4.78 is 5.40. The van der Waals surface area contributed by atoms with Crippen LogP contribution >= 0.6 is 11.8 Å². The number of furan rings is 1. The second-order valence-corrected chi connectivity index (χ2v) is 7.88. The predicted octanol–water partition coefficient (Wildman–Crippen LogP) is 3.14. The van der Waals surface area contributed by atoms with Gasteiger partial charge in [-0.25, -0.2) is 0 Å². The molecule has 138 valence electrons. The Balaban J connectivity index is 1.75. The van der Waals surface area contributed by atoms with Crippen molar-refractivity contribution in [1.29, 1.82) is 5.26 Å². The lowest BCUT2D eigenvalue weighted by atomic mass is 9.92. The number of nitrogens with zero attached hydrogens (tertiary/aromatic N) is 2. The first-order valence-electron chi connectivity index (χ1n) is 8.92. The van der Waals surface area contributed by atoms with Crippen LogP contribution in [0.15, 0.2) is 33.4 Å². The summed E-state index contributed by atoms with van der Waals surface area (Å²) in [5.74, 6) is 0.294. The molecule has 26 heavy (non-hydrogen) atoms. The molecule has 3 rings (SSSR count). The smallest absolute Gasteiger partial charge is 0.233 e. The number of nitrogens with one attached hydrogen (secondary N) is 1. The molecular weight excluding hydrogens is 350 g/mol. The average Bonchev–Trinajstić information content (AvgIpc) is 3.13. The van der Waals surface area contributed by atoms with Gasteiger partial charge in [0.05, 0.1) is 34.6 Å². The predicted molar refractivity (Wildman–Crippen MR) is 98.9 cm³/mol. The minimum Gasteiger partial charge on any atom is -0.469 e. The standard InChI is InChI=1S/C19H23N3O3S/c1-12-5-3-6-13(2)22(12)18(24)11-26-19-15(10-20)14(9-17(23)21-19)16-7-4-8-25-16/h4,7-8,12-14H,3,5-6,9,11H2,1-2H3,(H,21,23)/t12-,13+,14-/m1/s1. The molecule has 0 aromatic carbocycles. The molecule has 0 spiro atoms. The maximum absolute atomic E-state index is 12.7. The molecule has 1 saturated heterocycles. The van der Waals surface area contributed by atoms with Gasteiger partial charge in [-0.05, 0) is 45.2 Å². The number of nitriles is 1. The van der Waals surface area contributed by atoms with Gasteiger partial charge in [-0.3, -0.25) is 9.59 Å². The molecule has 0 bridgehead atoms. The normalized spacial score (nSPS) is 26.4. The summed E-state index contributed by atoms with van der Waals surface area (Å²) in [6, 6.07) is 6.16. The van der Waals surface area contributed by atoms with Crippen LogP contribution in [-0.2, 0) is 9.59 Å². The molecule has 2 aliphatic heterocycles. The van der Waals surface area contributed by atoms with Crippen LogP contribution in [0.1, 0.15) is 51.2 Å². The van der Waals surface area contributed by atoms with Gasteiger partial charge in [0.2, 0.25) is 11.8 Å². The lowest BCUT2D eigenvalue weighted by Crippen LogP contribution is -2.48. The van der Waals surface area contributed by atoms with Gasteiger partial charge in [0.25, 0.3) is 0 Å². The van der Waals surface area contributed by atoms with Crippen LogP contribution in [0.5, 0.6) is 0 Å². The van der Waals surface area contributed by atoms with Crippen LogP contribution in [-0.4, -0.2) is 34.6 Å². The number of carbonyl (C=O) groups excluding carboxylic acids is 2. The Bertz CT molecular complexity index is 741. The highest BCUT2D eigenvalue weighted by Crippen LogP contribution is 2.36. The number of hydrogen-bond donors (Lipinski definition) is 1. The second-order valence-electron chi connectivity index (χ2n) is 6.89. The number of carbonyl (C=O) groups is 2. The topological polar surface area (TPSA) is 86.3 Å². The molecule has 0 unspecified atom stereocenters. The minimum atomic E-state index is -0.394. The number of likely N-dealkylation sites (tertiary alicyclic amines) is 1. The largest absolute Gasteiger partial charge is 0.469 e. The number of amides is 2. The number of hydrogen-bond acceptors (Lipinski definition) is 5. The molecule has 3 heterocycles. The Hall–Kier alpha value is -2.20. The fourth-order valence-electron chi connectivity index (χ4n) is 3.79. The molecule has 1 aromatic rings. The highest BCUT2D eigenvalue weighted by molar-refractivity contribution is 8.03. The van der Waals surface area contributed by atoms with E-state index >= 15 is 0 Å². The molecule has 0 radical (unpaired) electrons. The third-order valence-corrected chi connectivity index (χ3v) is 6.07. The van der Waals surface area contributed by atoms with Crippen LogP contribution < -0.4 is 5.32 Å². The van der Waals surface area contributed by atoms with Gasteiger partial charge < -0.3 is 14.6 Å². The number of thioether (sulfide) groups is 1. The Kier molecular flexibility index (Phi) is 5.72. The van der Waals surface area contributed by atoms with Gasteiger partial charge in [0, 0.05) is 18.5 Å². The highest BCUT2D eigenvalue weighted by atomic mass is 32.2. The lowest BCUT2D eigenvalue weighted by molar-refractivity contribution is -0.134. The summed E-state index contributed by atoms with van der Waals surface area (Å²) in [6.45, 7) is 4.15. The molecule has 7 heteroatoms. The fraction of sp³-hybridized carbons (Fsp3) is 0.526. The van der Waals surface area contributed by atoms with Crippen LogP contribution in [0.25, 0.3) is 0 Å². The first-order chi connectivity index (χ1) is 12.5. The van der Waals surface area contributed by atoms with Crippen LogP contribution in [0, 0.1) is 11.3 Å². The third kappa shape index (κ3) is 3.80. The van der Waals surface area contributed by atoms with E-state index in [1.54, 1.807) is 12.1 Å². The van der Waals surface area contributed by atoms with Crippen molar-refractivity contribution in [2.45, 2.75) is 57.5 Å². The zero-order valence-electron chi connectivity index (χ0n) is 15.0. The van der Waals surface area contributed by atoms with Crippen LogP contribution in [0.3, 0.4) is 0 Å². The molecule has 1 aromatic heterocycles. The second kappa shape index (κ2) is 8.00. The summed E-state index contributed by atoms with van der Waals surface area (Å²) >= 11 is 1.23. The zero-order chi connectivity index (χ0) is 18.7.